The summed E-state index contributed by atoms with van der Waals surface area (Å²) in [5.41, 5.74) is 1.16. The number of phenols is 1. The molecular formula is C15H22N2O2. The zero-order valence-corrected chi connectivity index (χ0v) is 11.9. The van der Waals surface area contributed by atoms with Crippen LogP contribution in [0.1, 0.15) is 29.8 Å². The van der Waals surface area contributed by atoms with Gasteiger partial charge in [0, 0.05) is 32.2 Å². The molecule has 4 nitrogen and oxygen atoms in total. The number of aromatic hydroxyl groups is 1. The molecule has 1 aromatic carbocycles. The van der Waals surface area contributed by atoms with E-state index in [0.29, 0.717) is 11.6 Å². The van der Waals surface area contributed by atoms with Crippen LogP contribution in [0, 0.1) is 6.92 Å². The molecule has 1 fully saturated rings. The fourth-order valence-corrected chi connectivity index (χ4v) is 2.44. The zero-order valence-electron chi connectivity index (χ0n) is 11.9. The Bertz CT molecular complexity index is 463. The van der Waals surface area contributed by atoms with Crippen molar-refractivity contribution in [2.75, 3.05) is 26.2 Å². The summed E-state index contributed by atoms with van der Waals surface area (Å²) in [6, 6.07) is 5.83. The van der Waals surface area contributed by atoms with E-state index >= 15 is 0 Å². The summed E-state index contributed by atoms with van der Waals surface area (Å²) < 4.78 is 0. The number of rotatable bonds is 2. The van der Waals surface area contributed by atoms with Crippen LogP contribution in [0.2, 0.25) is 0 Å². The molecule has 1 aromatic rings. The van der Waals surface area contributed by atoms with Crippen LogP contribution in [-0.2, 0) is 0 Å². The van der Waals surface area contributed by atoms with Gasteiger partial charge >= 0.3 is 0 Å². The average molecular weight is 262 g/mol. The second-order valence-electron chi connectivity index (χ2n) is 5.39. The minimum atomic E-state index is -0.0652. The molecule has 104 valence electrons. The van der Waals surface area contributed by atoms with Gasteiger partial charge in [-0.3, -0.25) is 9.69 Å². The Morgan fingerprint density at radius 1 is 1.21 bits per heavy atom. The number of carbonyl (C=O) groups excluding carboxylic acids is 1. The van der Waals surface area contributed by atoms with E-state index in [1.807, 2.05) is 24.0 Å². The van der Waals surface area contributed by atoms with Crippen LogP contribution in [0.15, 0.2) is 18.2 Å². The molecule has 2 rings (SSSR count). The second kappa shape index (κ2) is 5.61. The highest BCUT2D eigenvalue weighted by molar-refractivity contribution is 5.97. The third-order valence-electron chi connectivity index (χ3n) is 3.80. The van der Waals surface area contributed by atoms with E-state index in [2.05, 4.69) is 18.7 Å². The van der Waals surface area contributed by atoms with Crippen molar-refractivity contribution in [2.24, 2.45) is 0 Å². The van der Waals surface area contributed by atoms with Crippen molar-refractivity contribution in [3.05, 3.63) is 29.3 Å². The fourth-order valence-electron chi connectivity index (χ4n) is 2.44. The fraction of sp³-hybridized carbons (Fsp3) is 0.533. The van der Waals surface area contributed by atoms with Crippen LogP contribution in [0.3, 0.4) is 0 Å². The lowest BCUT2D eigenvalue weighted by Gasteiger charge is -2.37. The summed E-state index contributed by atoms with van der Waals surface area (Å²) in [7, 11) is 0. The Balaban J connectivity index is 2.07. The normalized spacial score (nSPS) is 16.9. The van der Waals surface area contributed by atoms with Crippen molar-refractivity contribution in [3.8, 4) is 5.75 Å². The van der Waals surface area contributed by atoms with Gasteiger partial charge in [-0.2, -0.15) is 0 Å². The molecule has 0 unspecified atom stereocenters. The third kappa shape index (κ3) is 2.89. The van der Waals surface area contributed by atoms with Gasteiger partial charge in [-0.25, -0.2) is 0 Å². The monoisotopic (exact) mass is 262 g/mol. The first-order valence-electron chi connectivity index (χ1n) is 6.82. The van der Waals surface area contributed by atoms with Crippen molar-refractivity contribution in [2.45, 2.75) is 26.8 Å². The molecule has 19 heavy (non-hydrogen) atoms. The molecule has 1 saturated heterocycles. The Morgan fingerprint density at radius 3 is 2.42 bits per heavy atom. The minimum Gasteiger partial charge on any atom is -0.507 e. The van der Waals surface area contributed by atoms with Gasteiger partial charge in [0.2, 0.25) is 0 Å². The minimum absolute atomic E-state index is 0.0652. The van der Waals surface area contributed by atoms with Crippen LogP contribution in [0.5, 0.6) is 5.75 Å². The smallest absolute Gasteiger partial charge is 0.257 e. The second-order valence-corrected chi connectivity index (χ2v) is 5.39. The van der Waals surface area contributed by atoms with Gasteiger partial charge in [-0.1, -0.05) is 12.1 Å². The number of aryl methyl sites for hydroxylation is 1. The molecule has 0 aromatic heterocycles. The molecule has 4 heteroatoms. The Hall–Kier alpha value is -1.55. The van der Waals surface area contributed by atoms with E-state index < -0.39 is 0 Å². The molecule has 0 aliphatic carbocycles. The zero-order chi connectivity index (χ0) is 14.0. The van der Waals surface area contributed by atoms with Crippen LogP contribution in [0.4, 0.5) is 0 Å². The summed E-state index contributed by atoms with van der Waals surface area (Å²) in [6.07, 6.45) is 0. The van der Waals surface area contributed by atoms with E-state index in [4.69, 9.17) is 0 Å². The molecule has 1 N–H and O–H groups in total. The number of hydrogen-bond donors (Lipinski definition) is 1. The number of para-hydroxylation sites is 1. The lowest BCUT2D eigenvalue weighted by atomic mass is 10.1. The van der Waals surface area contributed by atoms with Gasteiger partial charge in [-0.15, -0.1) is 0 Å². The highest BCUT2D eigenvalue weighted by atomic mass is 16.3. The van der Waals surface area contributed by atoms with Crippen molar-refractivity contribution in [1.82, 2.24) is 9.80 Å². The van der Waals surface area contributed by atoms with Crippen LogP contribution >= 0.6 is 0 Å². The standard InChI is InChI=1S/C15H22N2O2/c1-11(2)16-7-9-17(10-8-16)15(19)13-6-4-5-12(3)14(13)18/h4-6,11,18H,7-10H2,1-3H3. The third-order valence-corrected chi connectivity index (χ3v) is 3.80. The maximum atomic E-state index is 12.4. The van der Waals surface area contributed by atoms with Crippen LogP contribution in [-0.4, -0.2) is 53.0 Å². The highest BCUT2D eigenvalue weighted by Gasteiger charge is 2.25. The number of benzene rings is 1. The van der Waals surface area contributed by atoms with Gasteiger partial charge in [0.05, 0.1) is 5.56 Å². The molecule has 0 spiro atoms. The van der Waals surface area contributed by atoms with Crippen molar-refractivity contribution >= 4 is 5.91 Å². The highest BCUT2D eigenvalue weighted by Crippen LogP contribution is 2.23. The molecule has 1 amide bonds. The summed E-state index contributed by atoms with van der Waals surface area (Å²) in [5.74, 6) is 0.0448. The van der Waals surface area contributed by atoms with Gasteiger partial charge in [0.15, 0.2) is 0 Å². The molecule has 0 atom stereocenters. The summed E-state index contributed by atoms with van der Waals surface area (Å²) in [4.78, 5) is 16.6. The first-order valence-corrected chi connectivity index (χ1v) is 6.82. The molecule has 1 heterocycles. The molecule has 0 saturated carbocycles. The van der Waals surface area contributed by atoms with E-state index in [0.717, 1.165) is 31.7 Å². The molecule has 0 radical (unpaired) electrons. The van der Waals surface area contributed by atoms with Gasteiger partial charge < -0.3 is 10.0 Å². The SMILES string of the molecule is Cc1cccc(C(=O)N2CCN(C(C)C)CC2)c1O. The van der Waals surface area contributed by atoms with Gasteiger partial charge in [-0.05, 0) is 32.4 Å². The average Bonchev–Trinajstić information content (AvgIpc) is 2.41. The molecular weight excluding hydrogens is 240 g/mol. The number of hydrogen-bond acceptors (Lipinski definition) is 3. The maximum Gasteiger partial charge on any atom is 0.257 e. The first kappa shape index (κ1) is 13.9. The quantitative estimate of drug-likeness (QED) is 0.885. The first-order chi connectivity index (χ1) is 9.00. The van der Waals surface area contributed by atoms with E-state index in [-0.39, 0.29) is 11.7 Å². The summed E-state index contributed by atoms with van der Waals surface area (Å²) >= 11 is 0. The largest absolute Gasteiger partial charge is 0.507 e. The predicted octanol–water partition coefficient (Wildman–Crippen LogP) is 1.87. The van der Waals surface area contributed by atoms with Crippen molar-refractivity contribution in [3.63, 3.8) is 0 Å². The topological polar surface area (TPSA) is 43.8 Å². The van der Waals surface area contributed by atoms with E-state index in [1.54, 1.807) is 6.07 Å². The lowest BCUT2D eigenvalue weighted by Crippen LogP contribution is -2.50. The van der Waals surface area contributed by atoms with Gasteiger partial charge in [0.25, 0.3) is 5.91 Å². The Morgan fingerprint density at radius 2 is 1.84 bits per heavy atom. The predicted molar refractivity (Wildman–Crippen MR) is 75.5 cm³/mol. The summed E-state index contributed by atoms with van der Waals surface area (Å²) in [5, 5.41) is 9.98. The Kier molecular flexibility index (Phi) is 4.10. The molecule has 0 bridgehead atoms. The Labute approximate surface area is 114 Å². The van der Waals surface area contributed by atoms with Crippen LogP contribution < -0.4 is 0 Å². The lowest BCUT2D eigenvalue weighted by molar-refractivity contribution is 0.0592. The van der Waals surface area contributed by atoms with Crippen LogP contribution in [0.25, 0.3) is 0 Å². The maximum absolute atomic E-state index is 12.4. The number of amides is 1. The molecule has 1 aliphatic heterocycles. The van der Waals surface area contributed by atoms with Crippen molar-refractivity contribution < 1.29 is 9.90 Å². The number of phenolic OH excluding ortho intramolecular Hbond substituents is 1. The number of carbonyl (C=O) groups is 1. The number of piperazine rings is 1. The number of nitrogens with zero attached hydrogens (tertiary/aromatic N) is 2. The van der Waals surface area contributed by atoms with Crippen molar-refractivity contribution in [1.29, 1.82) is 0 Å². The van der Waals surface area contributed by atoms with E-state index in [9.17, 15) is 9.90 Å². The van der Waals surface area contributed by atoms with Gasteiger partial charge in [0.1, 0.15) is 5.75 Å². The molecule has 1 aliphatic rings. The van der Waals surface area contributed by atoms with E-state index in [1.165, 1.54) is 0 Å². The summed E-state index contributed by atoms with van der Waals surface area (Å²) in [6.45, 7) is 9.40.